The molecule has 3 aromatic rings. The molecular formula is C17H11FN4OS. The van der Waals surface area contributed by atoms with Gasteiger partial charge in [0.05, 0.1) is 5.69 Å². The van der Waals surface area contributed by atoms with Crippen LogP contribution in [0.2, 0.25) is 0 Å². The fraction of sp³-hybridized carbons (Fsp3) is 0.0588. The van der Waals surface area contributed by atoms with E-state index in [1.165, 1.54) is 40.6 Å². The fourth-order valence-corrected chi connectivity index (χ4v) is 2.78. The third-order valence-electron chi connectivity index (χ3n) is 3.36. The summed E-state index contributed by atoms with van der Waals surface area (Å²) in [6.45, 7) is 0. The molecule has 0 bridgehead atoms. The second kappa shape index (κ2) is 6.64. The topological polar surface area (TPSA) is 71.6 Å². The SMILES string of the molecule is CSc1nc(-c2cccnc2)n(-c2ccc(F)cc2)c(=O)c1C#N. The van der Waals surface area contributed by atoms with Gasteiger partial charge in [-0.25, -0.2) is 9.37 Å². The van der Waals surface area contributed by atoms with Crippen LogP contribution in [0.15, 0.2) is 58.6 Å². The predicted octanol–water partition coefficient (Wildman–Crippen LogP) is 3.03. The molecule has 0 N–H and O–H groups in total. The Labute approximate surface area is 141 Å². The van der Waals surface area contributed by atoms with Gasteiger partial charge >= 0.3 is 0 Å². The molecule has 0 saturated heterocycles. The number of nitrogens with zero attached hydrogens (tertiary/aromatic N) is 4. The molecule has 0 saturated carbocycles. The van der Waals surface area contributed by atoms with E-state index in [4.69, 9.17) is 0 Å². The van der Waals surface area contributed by atoms with Crippen molar-refractivity contribution in [2.24, 2.45) is 0 Å². The van der Waals surface area contributed by atoms with Crippen LogP contribution in [0.5, 0.6) is 0 Å². The Morgan fingerprint density at radius 3 is 2.58 bits per heavy atom. The van der Waals surface area contributed by atoms with Crippen LogP contribution in [-0.4, -0.2) is 20.8 Å². The van der Waals surface area contributed by atoms with Gasteiger partial charge in [-0.3, -0.25) is 14.3 Å². The van der Waals surface area contributed by atoms with Gasteiger partial charge in [0, 0.05) is 18.0 Å². The van der Waals surface area contributed by atoms with E-state index < -0.39 is 11.4 Å². The third-order valence-corrected chi connectivity index (χ3v) is 4.04. The summed E-state index contributed by atoms with van der Waals surface area (Å²) in [6.07, 6.45) is 4.94. The van der Waals surface area contributed by atoms with Crippen LogP contribution in [0.25, 0.3) is 17.1 Å². The normalized spacial score (nSPS) is 10.4. The van der Waals surface area contributed by atoms with Crippen molar-refractivity contribution in [2.45, 2.75) is 5.03 Å². The van der Waals surface area contributed by atoms with Crippen LogP contribution in [0.3, 0.4) is 0 Å². The quantitative estimate of drug-likeness (QED) is 0.542. The van der Waals surface area contributed by atoms with Crippen molar-refractivity contribution in [3.63, 3.8) is 0 Å². The number of benzene rings is 1. The van der Waals surface area contributed by atoms with E-state index in [2.05, 4.69) is 9.97 Å². The molecule has 2 aromatic heterocycles. The van der Waals surface area contributed by atoms with E-state index in [1.807, 2.05) is 6.07 Å². The molecule has 0 fully saturated rings. The fourth-order valence-electron chi connectivity index (χ4n) is 2.26. The molecule has 1 aromatic carbocycles. The molecule has 0 aliphatic carbocycles. The Kier molecular flexibility index (Phi) is 4.40. The van der Waals surface area contributed by atoms with Gasteiger partial charge in [-0.2, -0.15) is 5.26 Å². The Balaban J connectivity index is 2.39. The lowest BCUT2D eigenvalue weighted by atomic mass is 10.2. The molecule has 0 aliphatic rings. The Morgan fingerprint density at radius 1 is 1.25 bits per heavy atom. The number of rotatable bonds is 3. The summed E-state index contributed by atoms with van der Waals surface area (Å²) in [6, 6.07) is 10.9. The van der Waals surface area contributed by atoms with Crippen molar-refractivity contribution in [1.82, 2.24) is 14.5 Å². The lowest BCUT2D eigenvalue weighted by molar-refractivity contribution is 0.627. The van der Waals surface area contributed by atoms with E-state index in [0.29, 0.717) is 22.1 Å². The summed E-state index contributed by atoms with van der Waals surface area (Å²) < 4.78 is 14.5. The Morgan fingerprint density at radius 2 is 2.00 bits per heavy atom. The van der Waals surface area contributed by atoms with Gasteiger partial charge in [0.1, 0.15) is 28.3 Å². The zero-order valence-corrected chi connectivity index (χ0v) is 13.4. The van der Waals surface area contributed by atoms with Gasteiger partial charge in [0.2, 0.25) is 0 Å². The minimum Gasteiger partial charge on any atom is -0.267 e. The smallest absolute Gasteiger partial charge is 0.267 e. The monoisotopic (exact) mass is 338 g/mol. The highest BCUT2D eigenvalue weighted by Gasteiger charge is 2.18. The van der Waals surface area contributed by atoms with Gasteiger partial charge in [0.25, 0.3) is 5.56 Å². The van der Waals surface area contributed by atoms with Gasteiger partial charge in [-0.05, 0) is 42.7 Å². The molecule has 0 radical (unpaired) electrons. The minimum atomic E-state index is -0.498. The van der Waals surface area contributed by atoms with Crippen molar-refractivity contribution in [2.75, 3.05) is 6.26 Å². The number of halogens is 1. The maximum absolute atomic E-state index is 13.2. The molecular weight excluding hydrogens is 327 g/mol. The van der Waals surface area contributed by atoms with Crippen LogP contribution in [0.1, 0.15) is 5.56 Å². The molecule has 0 atom stereocenters. The van der Waals surface area contributed by atoms with Crippen molar-refractivity contribution in [3.05, 3.63) is 70.5 Å². The maximum Gasteiger partial charge on any atom is 0.277 e. The zero-order valence-electron chi connectivity index (χ0n) is 12.6. The second-order valence-electron chi connectivity index (χ2n) is 4.79. The summed E-state index contributed by atoms with van der Waals surface area (Å²) in [7, 11) is 0. The molecule has 0 unspecified atom stereocenters. The van der Waals surface area contributed by atoms with E-state index in [9.17, 15) is 14.4 Å². The first-order valence-electron chi connectivity index (χ1n) is 6.93. The minimum absolute atomic E-state index is 0.0422. The highest BCUT2D eigenvalue weighted by molar-refractivity contribution is 7.98. The van der Waals surface area contributed by atoms with Crippen molar-refractivity contribution in [1.29, 1.82) is 5.26 Å². The number of pyridine rings is 1. The molecule has 2 heterocycles. The second-order valence-corrected chi connectivity index (χ2v) is 5.59. The van der Waals surface area contributed by atoms with E-state index >= 15 is 0 Å². The van der Waals surface area contributed by atoms with Gasteiger partial charge in [0.15, 0.2) is 0 Å². The van der Waals surface area contributed by atoms with E-state index in [1.54, 1.807) is 30.8 Å². The van der Waals surface area contributed by atoms with Crippen molar-refractivity contribution in [3.8, 4) is 23.1 Å². The average Bonchev–Trinajstić information content (AvgIpc) is 2.62. The average molecular weight is 338 g/mol. The molecule has 0 amide bonds. The van der Waals surface area contributed by atoms with Gasteiger partial charge in [-0.1, -0.05) is 0 Å². The summed E-state index contributed by atoms with van der Waals surface area (Å²) >= 11 is 1.22. The summed E-state index contributed by atoms with van der Waals surface area (Å²) in [5, 5.41) is 9.67. The maximum atomic E-state index is 13.2. The molecule has 3 rings (SSSR count). The summed E-state index contributed by atoms with van der Waals surface area (Å²) in [5.41, 5.74) is 0.511. The first kappa shape index (κ1) is 15.9. The van der Waals surface area contributed by atoms with Crippen molar-refractivity contribution >= 4 is 11.8 Å². The predicted molar refractivity (Wildman–Crippen MR) is 89.5 cm³/mol. The Hall–Kier alpha value is -2.98. The van der Waals surface area contributed by atoms with Crippen LogP contribution < -0.4 is 5.56 Å². The number of thioether (sulfide) groups is 1. The Bertz CT molecular complexity index is 978. The van der Waals surface area contributed by atoms with Crippen LogP contribution in [0, 0.1) is 17.1 Å². The molecule has 7 heteroatoms. The first-order valence-corrected chi connectivity index (χ1v) is 8.15. The highest BCUT2D eigenvalue weighted by Crippen LogP contribution is 2.23. The molecule has 5 nitrogen and oxygen atoms in total. The zero-order chi connectivity index (χ0) is 17.1. The number of nitriles is 1. The highest BCUT2D eigenvalue weighted by atomic mass is 32.2. The molecule has 118 valence electrons. The molecule has 0 aliphatic heterocycles. The van der Waals surface area contributed by atoms with Gasteiger partial charge < -0.3 is 0 Å². The lowest BCUT2D eigenvalue weighted by Gasteiger charge is -2.14. The van der Waals surface area contributed by atoms with E-state index in [-0.39, 0.29) is 5.56 Å². The summed E-state index contributed by atoms with van der Waals surface area (Å²) in [4.78, 5) is 21.3. The number of aromatic nitrogens is 3. The summed E-state index contributed by atoms with van der Waals surface area (Å²) in [5.74, 6) is -0.0630. The van der Waals surface area contributed by atoms with Crippen molar-refractivity contribution < 1.29 is 4.39 Å². The number of hydrogen-bond acceptors (Lipinski definition) is 5. The van der Waals surface area contributed by atoms with Crippen LogP contribution >= 0.6 is 11.8 Å². The lowest BCUT2D eigenvalue weighted by Crippen LogP contribution is -2.25. The first-order chi connectivity index (χ1) is 11.7. The number of hydrogen-bond donors (Lipinski definition) is 0. The van der Waals surface area contributed by atoms with Gasteiger partial charge in [-0.15, -0.1) is 11.8 Å². The molecule has 24 heavy (non-hydrogen) atoms. The largest absolute Gasteiger partial charge is 0.277 e. The van der Waals surface area contributed by atoms with Crippen LogP contribution in [-0.2, 0) is 0 Å². The van der Waals surface area contributed by atoms with Crippen LogP contribution in [0.4, 0.5) is 4.39 Å². The standard InChI is InChI=1S/C17H11FN4OS/c1-24-16-14(9-19)17(23)22(13-6-4-12(18)5-7-13)15(21-16)11-3-2-8-20-10-11/h2-8,10H,1H3. The third kappa shape index (κ3) is 2.79. The molecule has 0 spiro atoms. The van der Waals surface area contributed by atoms with E-state index in [0.717, 1.165) is 0 Å².